The first kappa shape index (κ1) is 18.1. The molecule has 0 saturated carbocycles. The molecule has 1 aromatic rings. The van der Waals surface area contributed by atoms with Gasteiger partial charge in [0.05, 0.1) is 0 Å². The Balaban J connectivity index is 2.96. The molecule has 0 aliphatic rings. The fraction of sp³-hybridized carbons (Fsp3) is 0.600. The third kappa shape index (κ3) is 4.76. The minimum Gasteiger partial charge on any atom is -0.326 e. The lowest BCUT2D eigenvalue weighted by molar-refractivity contribution is 0.289. The van der Waals surface area contributed by atoms with Gasteiger partial charge in [-0.15, -0.1) is 0 Å². The van der Waals surface area contributed by atoms with Gasteiger partial charge in [0, 0.05) is 13.1 Å². The van der Waals surface area contributed by atoms with E-state index in [1.807, 2.05) is 0 Å². The van der Waals surface area contributed by atoms with Crippen LogP contribution in [0.25, 0.3) is 0 Å². The molecule has 0 spiro atoms. The second-order valence-corrected chi connectivity index (χ2v) is 7.71. The molecule has 21 heavy (non-hydrogen) atoms. The lowest BCUT2D eigenvalue weighted by atomic mass is 9.86. The van der Waals surface area contributed by atoms with Crippen molar-refractivity contribution in [3.05, 3.63) is 29.6 Å². The highest BCUT2D eigenvalue weighted by Crippen LogP contribution is 2.21. The Kier molecular flexibility index (Phi) is 6.31. The van der Waals surface area contributed by atoms with E-state index in [0.717, 1.165) is 6.07 Å². The maximum atomic E-state index is 13.8. The molecule has 0 heterocycles. The highest BCUT2D eigenvalue weighted by Gasteiger charge is 2.23. The summed E-state index contributed by atoms with van der Waals surface area (Å²) in [6.45, 7) is 8.67. The molecule has 0 atom stereocenters. The Hall–Kier alpha value is -0.980. The van der Waals surface area contributed by atoms with E-state index in [0.29, 0.717) is 23.9 Å². The van der Waals surface area contributed by atoms with Gasteiger partial charge in [0.25, 0.3) is 0 Å². The molecule has 1 aromatic carbocycles. The maximum absolute atomic E-state index is 13.8. The Morgan fingerprint density at radius 1 is 1.19 bits per heavy atom. The van der Waals surface area contributed by atoms with Gasteiger partial charge < -0.3 is 5.73 Å². The van der Waals surface area contributed by atoms with Crippen molar-refractivity contribution >= 4 is 10.0 Å². The number of halogens is 1. The zero-order valence-electron chi connectivity index (χ0n) is 13.1. The molecule has 120 valence electrons. The van der Waals surface area contributed by atoms with Crippen LogP contribution in [0.3, 0.4) is 0 Å². The fourth-order valence-corrected chi connectivity index (χ4v) is 3.60. The van der Waals surface area contributed by atoms with E-state index in [2.05, 4.69) is 32.4 Å². The van der Waals surface area contributed by atoms with Crippen LogP contribution in [0.2, 0.25) is 0 Å². The first-order chi connectivity index (χ1) is 9.69. The van der Waals surface area contributed by atoms with Crippen LogP contribution in [-0.2, 0) is 16.6 Å². The summed E-state index contributed by atoms with van der Waals surface area (Å²) in [6, 6.07) is 3.91. The Bertz CT molecular complexity index is 563. The molecular weight excluding hydrogens is 291 g/mol. The average Bonchev–Trinajstić information content (AvgIpc) is 2.38. The maximum Gasteiger partial charge on any atom is 0.243 e. The van der Waals surface area contributed by atoms with Crippen LogP contribution in [0.1, 0.15) is 33.3 Å². The molecule has 1 rings (SSSR count). The number of hydrogen-bond acceptors (Lipinski definition) is 3. The van der Waals surface area contributed by atoms with Crippen molar-refractivity contribution < 1.29 is 12.8 Å². The largest absolute Gasteiger partial charge is 0.326 e. The molecule has 0 aromatic heterocycles. The quantitative estimate of drug-likeness (QED) is 0.812. The molecule has 6 heteroatoms. The van der Waals surface area contributed by atoms with Crippen molar-refractivity contribution in [2.24, 2.45) is 23.5 Å². The van der Waals surface area contributed by atoms with Crippen molar-refractivity contribution in [2.75, 3.05) is 6.54 Å². The zero-order chi connectivity index (χ0) is 16.2. The molecule has 0 bridgehead atoms. The van der Waals surface area contributed by atoms with E-state index in [9.17, 15) is 12.8 Å². The monoisotopic (exact) mass is 316 g/mol. The summed E-state index contributed by atoms with van der Waals surface area (Å²) in [4.78, 5) is -0.336. The van der Waals surface area contributed by atoms with Crippen molar-refractivity contribution in [2.45, 2.75) is 39.1 Å². The predicted molar refractivity (Wildman–Crippen MR) is 82.6 cm³/mol. The highest BCUT2D eigenvalue weighted by molar-refractivity contribution is 7.89. The molecule has 4 nitrogen and oxygen atoms in total. The fourth-order valence-electron chi connectivity index (χ4n) is 2.41. The lowest BCUT2D eigenvalue weighted by Crippen LogP contribution is -2.34. The van der Waals surface area contributed by atoms with E-state index in [4.69, 9.17) is 5.73 Å². The van der Waals surface area contributed by atoms with Crippen molar-refractivity contribution in [3.8, 4) is 0 Å². The highest BCUT2D eigenvalue weighted by atomic mass is 32.2. The SMILES string of the molecule is CC(C)C(CNS(=O)(=O)c1cc(CN)ccc1F)C(C)C. The van der Waals surface area contributed by atoms with E-state index in [1.54, 1.807) is 0 Å². The normalized spacial score (nSPS) is 12.6. The first-order valence-electron chi connectivity index (χ1n) is 7.17. The van der Waals surface area contributed by atoms with Crippen LogP contribution >= 0.6 is 0 Å². The number of sulfonamides is 1. The average molecular weight is 316 g/mol. The molecule has 0 saturated heterocycles. The summed E-state index contributed by atoms with van der Waals surface area (Å²) in [7, 11) is -3.87. The first-order valence-corrected chi connectivity index (χ1v) is 8.65. The van der Waals surface area contributed by atoms with Crippen molar-refractivity contribution in [3.63, 3.8) is 0 Å². The third-order valence-electron chi connectivity index (χ3n) is 3.74. The van der Waals surface area contributed by atoms with E-state index in [-0.39, 0.29) is 17.4 Å². The number of nitrogens with two attached hydrogens (primary N) is 1. The smallest absolute Gasteiger partial charge is 0.243 e. The number of rotatable bonds is 7. The van der Waals surface area contributed by atoms with Crippen LogP contribution in [0.15, 0.2) is 23.1 Å². The second kappa shape index (κ2) is 7.33. The molecule has 0 aliphatic heterocycles. The van der Waals surface area contributed by atoms with Gasteiger partial charge in [-0.3, -0.25) is 0 Å². The Morgan fingerprint density at radius 3 is 2.24 bits per heavy atom. The Labute approximate surface area is 127 Å². The summed E-state index contributed by atoms with van der Waals surface area (Å²) in [6.07, 6.45) is 0. The summed E-state index contributed by atoms with van der Waals surface area (Å²) in [5.41, 5.74) is 6.06. The molecule has 0 unspecified atom stereocenters. The van der Waals surface area contributed by atoms with Gasteiger partial charge in [-0.25, -0.2) is 17.5 Å². The van der Waals surface area contributed by atoms with Crippen molar-refractivity contribution in [1.82, 2.24) is 4.72 Å². The van der Waals surface area contributed by atoms with Crippen LogP contribution in [-0.4, -0.2) is 15.0 Å². The molecule has 0 fully saturated rings. The van der Waals surface area contributed by atoms with Crippen LogP contribution in [0, 0.1) is 23.6 Å². The van der Waals surface area contributed by atoms with Crippen LogP contribution in [0.5, 0.6) is 0 Å². The predicted octanol–water partition coefficient (Wildman–Crippen LogP) is 2.49. The molecular formula is C15H25FN2O2S. The van der Waals surface area contributed by atoms with Gasteiger partial charge in [-0.1, -0.05) is 33.8 Å². The van der Waals surface area contributed by atoms with Gasteiger partial charge in [0.15, 0.2) is 0 Å². The number of hydrogen-bond donors (Lipinski definition) is 2. The van der Waals surface area contributed by atoms with Gasteiger partial charge in [0.2, 0.25) is 10.0 Å². The molecule has 0 radical (unpaired) electrons. The van der Waals surface area contributed by atoms with E-state index >= 15 is 0 Å². The van der Waals surface area contributed by atoms with E-state index in [1.165, 1.54) is 12.1 Å². The third-order valence-corrected chi connectivity index (χ3v) is 5.18. The topological polar surface area (TPSA) is 72.2 Å². The Morgan fingerprint density at radius 2 is 1.76 bits per heavy atom. The zero-order valence-corrected chi connectivity index (χ0v) is 13.9. The van der Waals surface area contributed by atoms with E-state index < -0.39 is 15.8 Å². The molecule has 0 amide bonds. The molecule has 3 N–H and O–H groups in total. The van der Waals surface area contributed by atoms with Crippen molar-refractivity contribution in [1.29, 1.82) is 0 Å². The standard InChI is InChI=1S/C15H25FN2O2S/c1-10(2)13(11(3)4)9-18-21(19,20)15-7-12(8-17)5-6-14(15)16/h5-7,10-11,13,18H,8-9,17H2,1-4H3. The van der Waals surface area contributed by atoms with Crippen LogP contribution in [0.4, 0.5) is 4.39 Å². The van der Waals surface area contributed by atoms with Gasteiger partial charge in [0.1, 0.15) is 10.7 Å². The number of benzene rings is 1. The minimum absolute atomic E-state index is 0.170. The summed E-state index contributed by atoms with van der Waals surface area (Å²) >= 11 is 0. The van der Waals surface area contributed by atoms with Gasteiger partial charge in [-0.2, -0.15) is 0 Å². The summed E-state index contributed by atoms with van der Waals surface area (Å²) < 4.78 is 40.9. The second-order valence-electron chi connectivity index (χ2n) is 5.97. The summed E-state index contributed by atoms with van der Waals surface area (Å²) in [5, 5.41) is 0. The van der Waals surface area contributed by atoms with Crippen LogP contribution < -0.4 is 10.5 Å². The van der Waals surface area contributed by atoms with Gasteiger partial charge in [-0.05, 0) is 35.4 Å². The molecule has 0 aliphatic carbocycles. The summed E-state index contributed by atoms with van der Waals surface area (Å²) in [5.74, 6) is 0.117. The van der Waals surface area contributed by atoms with Gasteiger partial charge >= 0.3 is 0 Å². The lowest BCUT2D eigenvalue weighted by Gasteiger charge is -2.25. The number of nitrogens with one attached hydrogen (secondary N) is 1. The minimum atomic E-state index is -3.87.